The Kier molecular flexibility index (Phi) is 3.29. The van der Waals surface area contributed by atoms with Crippen LogP contribution in [0.15, 0.2) is 18.2 Å². The summed E-state index contributed by atoms with van der Waals surface area (Å²) in [5.74, 6) is 2.04. The third-order valence-corrected chi connectivity index (χ3v) is 3.56. The fourth-order valence-corrected chi connectivity index (χ4v) is 2.22. The van der Waals surface area contributed by atoms with E-state index in [4.69, 9.17) is 15.2 Å². The molecule has 2 aliphatic rings. The lowest BCUT2D eigenvalue weighted by molar-refractivity contribution is -0.120. The van der Waals surface area contributed by atoms with Gasteiger partial charge in [0.2, 0.25) is 12.7 Å². The molecule has 1 amide bonds. The van der Waals surface area contributed by atoms with Crippen LogP contribution in [0.5, 0.6) is 11.5 Å². The second-order valence-electron chi connectivity index (χ2n) is 5.17. The third kappa shape index (κ3) is 2.98. The molecule has 102 valence electrons. The number of carbonyl (C=O) groups is 1. The molecule has 0 radical (unpaired) electrons. The normalized spacial score (nSPS) is 18.2. The molecule has 1 saturated carbocycles. The summed E-state index contributed by atoms with van der Waals surface area (Å²) in [4.78, 5) is 11.8. The Morgan fingerprint density at radius 3 is 2.95 bits per heavy atom. The molecule has 1 unspecified atom stereocenters. The predicted octanol–water partition coefficient (Wildman–Crippen LogP) is 0.811. The number of rotatable bonds is 5. The van der Waals surface area contributed by atoms with Crippen LogP contribution in [0.4, 0.5) is 0 Å². The Bertz CT molecular complexity index is 486. The van der Waals surface area contributed by atoms with Crippen molar-refractivity contribution in [2.24, 2.45) is 11.7 Å². The maximum absolute atomic E-state index is 11.8. The first-order valence-corrected chi connectivity index (χ1v) is 6.63. The van der Waals surface area contributed by atoms with Gasteiger partial charge in [-0.2, -0.15) is 0 Å². The van der Waals surface area contributed by atoms with E-state index in [0.29, 0.717) is 24.6 Å². The molecule has 5 heteroatoms. The van der Waals surface area contributed by atoms with Crippen molar-refractivity contribution in [3.63, 3.8) is 0 Å². The van der Waals surface area contributed by atoms with E-state index in [9.17, 15) is 4.79 Å². The van der Waals surface area contributed by atoms with E-state index in [0.717, 1.165) is 11.3 Å². The smallest absolute Gasteiger partial charge is 0.231 e. The van der Waals surface area contributed by atoms with Crippen LogP contribution in [-0.4, -0.2) is 25.3 Å². The van der Waals surface area contributed by atoms with Crippen LogP contribution >= 0.6 is 0 Å². The molecule has 1 aliphatic heterocycles. The van der Waals surface area contributed by atoms with Crippen molar-refractivity contribution in [2.75, 3.05) is 13.3 Å². The van der Waals surface area contributed by atoms with Crippen molar-refractivity contribution < 1.29 is 14.3 Å². The van der Waals surface area contributed by atoms with Crippen molar-refractivity contribution in [1.82, 2.24) is 5.32 Å². The number of nitrogens with one attached hydrogen (secondary N) is 1. The average molecular weight is 262 g/mol. The van der Waals surface area contributed by atoms with Gasteiger partial charge < -0.3 is 20.5 Å². The summed E-state index contributed by atoms with van der Waals surface area (Å²) in [6.45, 7) is 0.815. The molecule has 5 nitrogen and oxygen atoms in total. The summed E-state index contributed by atoms with van der Waals surface area (Å²) in [5.41, 5.74) is 6.86. The number of nitrogens with two attached hydrogens (primary N) is 1. The lowest BCUT2D eigenvalue weighted by atomic mass is 10.1. The van der Waals surface area contributed by atoms with Crippen LogP contribution in [0, 0.1) is 5.92 Å². The number of benzene rings is 1. The van der Waals surface area contributed by atoms with Gasteiger partial charge in [-0.15, -0.1) is 0 Å². The second kappa shape index (κ2) is 5.09. The number of amides is 1. The first-order valence-electron chi connectivity index (χ1n) is 6.63. The topological polar surface area (TPSA) is 73.6 Å². The molecule has 1 aromatic rings. The largest absolute Gasteiger partial charge is 0.454 e. The molecule has 3 N–H and O–H groups in total. The number of fused-ring (bicyclic) bond motifs is 1. The van der Waals surface area contributed by atoms with Gasteiger partial charge in [0.1, 0.15) is 0 Å². The van der Waals surface area contributed by atoms with E-state index in [1.807, 2.05) is 18.2 Å². The first-order chi connectivity index (χ1) is 9.22. The SMILES string of the molecule is NC(CNC(=O)Cc1ccc2c(c1)OCO2)C1CC1. The summed E-state index contributed by atoms with van der Waals surface area (Å²) < 4.78 is 10.5. The fourth-order valence-electron chi connectivity index (χ4n) is 2.22. The number of carbonyl (C=O) groups excluding carboxylic acids is 1. The highest BCUT2D eigenvalue weighted by Gasteiger charge is 2.28. The fraction of sp³-hybridized carbons (Fsp3) is 0.500. The minimum Gasteiger partial charge on any atom is -0.454 e. The molecular formula is C14H18N2O3. The number of ether oxygens (including phenoxy) is 2. The third-order valence-electron chi connectivity index (χ3n) is 3.56. The Balaban J connectivity index is 1.51. The quantitative estimate of drug-likeness (QED) is 0.823. The molecule has 1 atom stereocenters. The molecule has 1 aromatic carbocycles. The number of hydrogen-bond acceptors (Lipinski definition) is 4. The lowest BCUT2D eigenvalue weighted by Crippen LogP contribution is -2.39. The Morgan fingerprint density at radius 1 is 1.37 bits per heavy atom. The molecule has 19 heavy (non-hydrogen) atoms. The van der Waals surface area contributed by atoms with Crippen molar-refractivity contribution in [3.8, 4) is 11.5 Å². The van der Waals surface area contributed by atoms with Crippen LogP contribution in [-0.2, 0) is 11.2 Å². The summed E-state index contributed by atoms with van der Waals surface area (Å²) >= 11 is 0. The van der Waals surface area contributed by atoms with Gasteiger partial charge in [-0.25, -0.2) is 0 Å². The molecule has 0 spiro atoms. The van der Waals surface area contributed by atoms with Crippen LogP contribution in [0.1, 0.15) is 18.4 Å². The molecule has 1 fully saturated rings. The average Bonchev–Trinajstić information content (AvgIpc) is 3.15. The monoisotopic (exact) mass is 262 g/mol. The lowest BCUT2D eigenvalue weighted by Gasteiger charge is -2.11. The Hall–Kier alpha value is -1.75. The van der Waals surface area contributed by atoms with Crippen LogP contribution in [0.3, 0.4) is 0 Å². The van der Waals surface area contributed by atoms with E-state index < -0.39 is 0 Å². The summed E-state index contributed by atoms with van der Waals surface area (Å²) in [5, 5.41) is 2.88. The van der Waals surface area contributed by atoms with E-state index in [1.54, 1.807) is 0 Å². The zero-order valence-corrected chi connectivity index (χ0v) is 10.7. The van der Waals surface area contributed by atoms with Gasteiger partial charge in [-0.3, -0.25) is 4.79 Å². The summed E-state index contributed by atoms with van der Waals surface area (Å²) in [7, 11) is 0. The minimum absolute atomic E-state index is 0.00466. The van der Waals surface area contributed by atoms with Crippen molar-refractivity contribution in [3.05, 3.63) is 23.8 Å². The Labute approximate surface area is 112 Å². The molecule has 0 aromatic heterocycles. The molecule has 3 rings (SSSR count). The molecule has 1 heterocycles. The van der Waals surface area contributed by atoms with E-state index >= 15 is 0 Å². The zero-order chi connectivity index (χ0) is 13.2. The first kappa shape index (κ1) is 12.3. The van der Waals surface area contributed by atoms with Gasteiger partial charge in [-0.1, -0.05) is 6.07 Å². The minimum atomic E-state index is -0.00466. The van der Waals surface area contributed by atoms with Crippen LogP contribution in [0.25, 0.3) is 0 Å². The van der Waals surface area contributed by atoms with E-state index in [-0.39, 0.29) is 18.7 Å². The van der Waals surface area contributed by atoms with Crippen LogP contribution < -0.4 is 20.5 Å². The highest BCUT2D eigenvalue weighted by Crippen LogP contribution is 2.32. The van der Waals surface area contributed by atoms with Crippen molar-refractivity contribution in [2.45, 2.75) is 25.3 Å². The maximum Gasteiger partial charge on any atom is 0.231 e. The summed E-state index contributed by atoms with van der Waals surface area (Å²) in [6.07, 6.45) is 2.73. The van der Waals surface area contributed by atoms with Crippen molar-refractivity contribution >= 4 is 5.91 Å². The predicted molar refractivity (Wildman–Crippen MR) is 70.0 cm³/mol. The van der Waals surface area contributed by atoms with Crippen molar-refractivity contribution in [1.29, 1.82) is 0 Å². The molecule has 1 aliphatic carbocycles. The van der Waals surface area contributed by atoms with Gasteiger partial charge in [0.15, 0.2) is 11.5 Å². The van der Waals surface area contributed by atoms with Crippen LogP contribution in [0.2, 0.25) is 0 Å². The standard InChI is InChI=1S/C14H18N2O3/c15-11(10-2-3-10)7-16-14(17)6-9-1-4-12-13(5-9)19-8-18-12/h1,4-5,10-11H,2-3,6-8,15H2,(H,16,17). The maximum atomic E-state index is 11.8. The van der Waals surface area contributed by atoms with E-state index in [2.05, 4.69) is 5.32 Å². The number of hydrogen-bond donors (Lipinski definition) is 2. The second-order valence-corrected chi connectivity index (χ2v) is 5.17. The molecular weight excluding hydrogens is 244 g/mol. The highest BCUT2D eigenvalue weighted by atomic mass is 16.7. The van der Waals surface area contributed by atoms with E-state index in [1.165, 1.54) is 12.8 Å². The Morgan fingerprint density at radius 2 is 2.16 bits per heavy atom. The summed E-state index contributed by atoms with van der Waals surface area (Å²) in [6, 6.07) is 5.66. The van der Waals surface area contributed by atoms with Gasteiger partial charge in [0, 0.05) is 12.6 Å². The van der Waals surface area contributed by atoms with Gasteiger partial charge in [0.05, 0.1) is 6.42 Å². The zero-order valence-electron chi connectivity index (χ0n) is 10.7. The highest BCUT2D eigenvalue weighted by molar-refractivity contribution is 5.78. The van der Waals surface area contributed by atoms with Gasteiger partial charge in [0.25, 0.3) is 0 Å². The molecule has 0 saturated heterocycles. The molecule has 0 bridgehead atoms. The van der Waals surface area contributed by atoms with Gasteiger partial charge >= 0.3 is 0 Å². The van der Waals surface area contributed by atoms with Gasteiger partial charge in [-0.05, 0) is 36.5 Å².